The molecule has 1 saturated heterocycles. The maximum Gasteiger partial charge on any atom is 0.0605 e. The Labute approximate surface area is 91.1 Å². The van der Waals surface area contributed by atoms with E-state index in [0.717, 1.165) is 31.6 Å². The topological polar surface area (TPSA) is 29.3 Å². The molecular formula is C13H16N2. The molecule has 0 aliphatic carbocycles. The molecule has 2 heteroatoms. The van der Waals surface area contributed by atoms with Crippen LogP contribution in [0, 0.1) is 11.8 Å². The summed E-state index contributed by atoms with van der Waals surface area (Å²) in [4.78, 5) is 2.31. The van der Waals surface area contributed by atoms with Crippen molar-refractivity contribution >= 4 is 0 Å². The van der Waals surface area contributed by atoms with Crippen molar-refractivity contribution < 1.29 is 0 Å². The molecule has 1 heterocycles. The lowest BCUT2D eigenvalue weighted by atomic mass is 10.2. The fourth-order valence-corrected chi connectivity index (χ4v) is 1.78. The van der Waals surface area contributed by atoms with Crippen molar-refractivity contribution in [2.45, 2.75) is 12.5 Å². The predicted molar refractivity (Wildman–Crippen MR) is 62.4 cm³/mol. The lowest BCUT2D eigenvalue weighted by molar-refractivity contribution is 0.377. The molecule has 0 amide bonds. The molecule has 1 aromatic rings. The standard InChI is InChI=1S/C13H16N2/c14-13-8-10-15(11-13)9-4-7-12-5-2-1-3-6-12/h1-3,5-6,13H,8-11,14H2. The molecule has 0 spiro atoms. The summed E-state index contributed by atoms with van der Waals surface area (Å²) in [5.74, 6) is 6.34. The first kappa shape index (κ1) is 10.2. The van der Waals surface area contributed by atoms with E-state index in [1.807, 2.05) is 30.3 Å². The van der Waals surface area contributed by atoms with Crippen molar-refractivity contribution in [2.24, 2.45) is 5.73 Å². The molecule has 1 unspecified atom stereocenters. The van der Waals surface area contributed by atoms with Crippen LogP contribution in [0.5, 0.6) is 0 Å². The van der Waals surface area contributed by atoms with Crippen molar-refractivity contribution in [3.63, 3.8) is 0 Å². The molecule has 1 aliphatic heterocycles. The van der Waals surface area contributed by atoms with Gasteiger partial charge >= 0.3 is 0 Å². The third-order valence-electron chi connectivity index (χ3n) is 2.62. The Morgan fingerprint density at radius 3 is 2.80 bits per heavy atom. The Balaban J connectivity index is 1.86. The van der Waals surface area contributed by atoms with Crippen molar-refractivity contribution in [3.8, 4) is 11.8 Å². The van der Waals surface area contributed by atoms with Crippen molar-refractivity contribution in [2.75, 3.05) is 19.6 Å². The summed E-state index contributed by atoms with van der Waals surface area (Å²) in [6.07, 6.45) is 1.10. The smallest absolute Gasteiger partial charge is 0.0605 e. The molecule has 2 N–H and O–H groups in total. The van der Waals surface area contributed by atoms with Gasteiger partial charge in [-0.25, -0.2) is 0 Å². The van der Waals surface area contributed by atoms with Crippen molar-refractivity contribution in [1.82, 2.24) is 4.90 Å². The predicted octanol–water partition coefficient (Wildman–Crippen LogP) is 1.07. The summed E-state index contributed by atoms with van der Waals surface area (Å²) >= 11 is 0. The maximum absolute atomic E-state index is 5.82. The fourth-order valence-electron chi connectivity index (χ4n) is 1.78. The first-order valence-electron chi connectivity index (χ1n) is 5.36. The summed E-state index contributed by atoms with van der Waals surface area (Å²) in [5.41, 5.74) is 6.90. The van der Waals surface area contributed by atoms with Gasteiger partial charge in [-0.2, -0.15) is 0 Å². The third-order valence-corrected chi connectivity index (χ3v) is 2.62. The van der Waals surface area contributed by atoms with Gasteiger partial charge in [0.15, 0.2) is 0 Å². The molecule has 2 nitrogen and oxygen atoms in total. The molecule has 15 heavy (non-hydrogen) atoms. The van der Waals surface area contributed by atoms with E-state index in [1.165, 1.54) is 0 Å². The van der Waals surface area contributed by atoms with Crippen LogP contribution < -0.4 is 5.73 Å². The molecule has 78 valence electrons. The van der Waals surface area contributed by atoms with Crippen molar-refractivity contribution in [3.05, 3.63) is 35.9 Å². The molecule has 0 radical (unpaired) electrons. The van der Waals surface area contributed by atoms with Crippen LogP contribution in [-0.4, -0.2) is 30.6 Å². The van der Waals surface area contributed by atoms with Gasteiger partial charge in [0.05, 0.1) is 6.54 Å². The average molecular weight is 200 g/mol. The van der Waals surface area contributed by atoms with Gasteiger partial charge in [-0.15, -0.1) is 0 Å². The van der Waals surface area contributed by atoms with Gasteiger partial charge in [0.1, 0.15) is 0 Å². The van der Waals surface area contributed by atoms with E-state index in [-0.39, 0.29) is 0 Å². The normalized spacial score (nSPS) is 21.0. The van der Waals surface area contributed by atoms with Gasteiger partial charge in [0, 0.05) is 24.7 Å². The monoisotopic (exact) mass is 200 g/mol. The minimum absolute atomic E-state index is 0.350. The highest BCUT2D eigenvalue weighted by molar-refractivity contribution is 5.33. The van der Waals surface area contributed by atoms with E-state index in [4.69, 9.17) is 5.73 Å². The van der Waals surface area contributed by atoms with Crippen LogP contribution >= 0.6 is 0 Å². The summed E-state index contributed by atoms with van der Waals surface area (Å²) in [5, 5.41) is 0. The number of nitrogens with zero attached hydrogens (tertiary/aromatic N) is 1. The van der Waals surface area contributed by atoms with E-state index >= 15 is 0 Å². The van der Waals surface area contributed by atoms with E-state index in [0.29, 0.717) is 6.04 Å². The van der Waals surface area contributed by atoms with Gasteiger partial charge in [-0.05, 0) is 18.6 Å². The largest absolute Gasteiger partial charge is 0.326 e. The molecule has 0 aromatic heterocycles. The zero-order valence-electron chi connectivity index (χ0n) is 8.82. The quantitative estimate of drug-likeness (QED) is 0.687. The van der Waals surface area contributed by atoms with Gasteiger partial charge in [-0.3, -0.25) is 4.90 Å². The highest BCUT2D eigenvalue weighted by atomic mass is 15.2. The van der Waals surface area contributed by atoms with Crippen LogP contribution in [0.25, 0.3) is 0 Å². The molecule has 1 fully saturated rings. The molecular weight excluding hydrogens is 184 g/mol. The molecule has 0 saturated carbocycles. The van der Waals surface area contributed by atoms with Crippen LogP contribution in [0.15, 0.2) is 30.3 Å². The van der Waals surface area contributed by atoms with Crippen LogP contribution in [0.2, 0.25) is 0 Å². The Hall–Kier alpha value is -1.30. The minimum Gasteiger partial charge on any atom is -0.326 e. The molecule has 1 atom stereocenters. The van der Waals surface area contributed by atoms with E-state index in [9.17, 15) is 0 Å². The number of benzene rings is 1. The van der Waals surface area contributed by atoms with E-state index in [1.54, 1.807) is 0 Å². The second kappa shape index (κ2) is 4.97. The lowest BCUT2D eigenvalue weighted by Gasteiger charge is -2.09. The van der Waals surface area contributed by atoms with Crippen LogP contribution in [0.4, 0.5) is 0 Å². The second-order valence-corrected chi connectivity index (χ2v) is 3.95. The number of rotatable bonds is 1. The molecule has 2 rings (SSSR count). The number of hydrogen-bond donors (Lipinski definition) is 1. The second-order valence-electron chi connectivity index (χ2n) is 3.95. The fraction of sp³-hybridized carbons (Fsp3) is 0.385. The van der Waals surface area contributed by atoms with Crippen LogP contribution in [0.1, 0.15) is 12.0 Å². The van der Waals surface area contributed by atoms with Crippen LogP contribution in [-0.2, 0) is 0 Å². The summed E-state index contributed by atoms with van der Waals surface area (Å²) in [6, 6.07) is 10.4. The Bertz CT molecular complexity index is 361. The molecule has 1 aliphatic rings. The summed E-state index contributed by atoms with van der Waals surface area (Å²) in [7, 11) is 0. The van der Waals surface area contributed by atoms with Gasteiger partial charge in [0.2, 0.25) is 0 Å². The van der Waals surface area contributed by atoms with Gasteiger partial charge in [-0.1, -0.05) is 30.0 Å². The highest BCUT2D eigenvalue weighted by Crippen LogP contribution is 2.05. The lowest BCUT2D eigenvalue weighted by Crippen LogP contribution is -2.26. The first-order chi connectivity index (χ1) is 7.34. The third kappa shape index (κ3) is 3.09. The van der Waals surface area contributed by atoms with Crippen LogP contribution in [0.3, 0.4) is 0 Å². The average Bonchev–Trinajstić information content (AvgIpc) is 2.66. The zero-order chi connectivity index (χ0) is 10.5. The molecule has 1 aromatic carbocycles. The number of hydrogen-bond acceptors (Lipinski definition) is 2. The van der Waals surface area contributed by atoms with Gasteiger partial charge in [0.25, 0.3) is 0 Å². The summed E-state index contributed by atoms with van der Waals surface area (Å²) in [6.45, 7) is 2.91. The Kier molecular flexibility index (Phi) is 3.39. The zero-order valence-corrected chi connectivity index (χ0v) is 8.82. The number of likely N-dealkylation sites (tertiary alicyclic amines) is 1. The van der Waals surface area contributed by atoms with Crippen molar-refractivity contribution in [1.29, 1.82) is 0 Å². The first-order valence-corrected chi connectivity index (χ1v) is 5.36. The maximum atomic E-state index is 5.82. The van der Waals surface area contributed by atoms with E-state index in [2.05, 4.69) is 16.7 Å². The SMILES string of the molecule is NC1CCN(CC#Cc2ccccc2)C1. The highest BCUT2D eigenvalue weighted by Gasteiger charge is 2.17. The number of nitrogens with two attached hydrogens (primary N) is 1. The Morgan fingerprint density at radius 2 is 2.13 bits per heavy atom. The Morgan fingerprint density at radius 1 is 1.33 bits per heavy atom. The van der Waals surface area contributed by atoms with E-state index < -0.39 is 0 Å². The minimum atomic E-state index is 0.350. The summed E-state index contributed by atoms with van der Waals surface area (Å²) < 4.78 is 0. The molecule has 0 bridgehead atoms. The van der Waals surface area contributed by atoms with Gasteiger partial charge < -0.3 is 5.73 Å².